The van der Waals surface area contributed by atoms with Crippen molar-refractivity contribution >= 4 is 11.4 Å². The molecule has 0 heterocycles. The number of nitrogens with two attached hydrogens (primary N) is 1. The third-order valence-corrected chi connectivity index (χ3v) is 2.90. The van der Waals surface area contributed by atoms with Gasteiger partial charge in [0.25, 0.3) is 5.69 Å². The number of hydrogen-bond donors (Lipinski definition) is 2. The van der Waals surface area contributed by atoms with Gasteiger partial charge in [0.2, 0.25) is 0 Å². The molecule has 0 amide bonds. The molecule has 0 aliphatic carbocycles. The van der Waals surface area contributed by atoms with Crippen LogP contribution in [0.25, 0.3) is 0 Å². The van der Waals surface area contributed by atoms with E-state index in [-0.39, 0.29) is 24.2 Å². The van der Waals surface area contributed by atoms with E-state index in [1.54, 1.807) is 0 Å². The summed E-state index contributed by atoms with van der Waals surface area (Å²) in [5.74, 6) is 0.169. The molecule has 0 saturated carbocycles. The van der Waals surface area contributed by atoms with E-state index in [0.717, 1.165) is 12.1 Å². The lowest BCUT2D eigenvalue weighted by atomic mass is 10.1. The first-order valence-electron chi connectivity index (χ1n) is 5.98. The summed E-state index contributed by atoms with van der Waals surface area (Å²) in [5.41, 5.74) is 3.69. The van der Waals surface area contributed by atoms with Crippen molar-refractivity contribution in [3.63, 3.8) is 0 Å². The molecule has 0 fully saturated rings. The Morgan fingerprint density at radius 2 is 2.00 bits per heavy atom. The molecule has 1 aromatic rings. The van der Waals surface area contributed by atoms with Crippen molar-refractivity contribution in [1.29, 1.82) is 0 Å². The van der Waals surface area contributed by atoms with Crippen LogP contribution in [-0.4, -0.2) is 17.5 Å². The number of nitrogens with zero attached hydrogens (tertiary/aromatic N) is 1. The Labute approximate surface area is 114 Å². The third kappa shape index (κ3) is 4.09. The zero-order valence-corrected chi connectivity index (χ0v) is 11.1. The van der Waals surface area contributed by atoms with Crippen LogP contribution in [0.4, 0.5) is 24.5 Å². The maximum Gasteiger partial charge on any atom is 0.423 e. The fourth-order valence-electron chi connectivity index (χ4n) is 1.50. The summed E-state index contributed by atoms with van der Waals surface area (Å²) in [6.07, 6.45) is -4.78. The third-order valence-electron chi connectivity index (χ3n) is 2.90. The van der Waals surface area contributed by atoms with Gasteiger partial charge >= 0.3 is 6.18 Å². The molecule has 1 rings (SSSR count). The summed E-state index contributed by atoms with van der Waals surface area (Å²) in [6.45, 7) is 4.07. The normalized spacial score (nSPS) is 13.3. The Morgan fingerprint density at radius 1 is 1.40 bits per heavy atom. The van der Waals surface area contributed by atoms with Crippen LogP contribution in [0.2, 0.25) is 0 Å². The minimum absolute atomic E-state index is 0.152. The van der Waals surface area contributed by atoms with Gasteiger partial charge in [-0.15, -0.1) is 0 Å². The van der Waals surface area contributed by atoms with Crippen LogP contribution in [0.3, 0.4) is 0 Å². The Hall–Kier alpha value is -1.83. The van der Waals surface area contributed by atoms with Gasteiger partial charge in [-0.25, -0.2) is 0 Å². The van der Waals surface area contributed by atoms with Gasteiger partial charge in [0.15, 0.2) is 0 Å². The summed E-state index contributed by atoms with van der Waals surface area (Å²) in [4.78, 5) is 9.55. The molecule has 8 heteroatoms. The second kappa shape index (κ2) is 6.08. The van der Waals surface area contributed by atoms with Crippen molar-refractivity contribution in [2.24, 2.45) is 11.7 Å². The first-order chi connectivity index (χ1) is 9.12. The molecular weight excluding hydrogens is 275 g/mol. The van der Waals surface area contributed by atoms with E-state index < -0.39 is 22.4 Å². The average molecular weight is 291 g/mol. The summed E-state index contributed by atoms with van der Waals surface area (Å²) >= 11 is 0. The standard InChI is InChI=1S/C12H16F3N3O2/c1-7(2)10(16)6-17-8-3-4-11(18(19)20)9(5-8)12(13,14)15/h3-5,7,10,17H,6,16H2,1-2H3. The van der Waals surface area contributed by atoms with Crippen LogP contribution in [0, 0.1) is 16.0 Å². The molecule has 1 aromatic carbocycles. The van der Waals surface area contributed by atoms with E-state index in [4.69, 9.17) is 5.73 Å². The number of anilines is 1. The highest BCUT2D eigenvalue weighted by atomic mass is 19.4. The van der Waals surface area contributed by atoms with Crippen LogP contribution in [-0.2, 0) is 6.18 Å². The fraction of sp³-hybridized carbons (Fsp3) is 0.500. The molecule has 0 radical (unpaired) electrons. The number of halogens is 3. The van der Waals surface area contributed by atoms with Crippen molar-refractivity contribution in [3.8, 4) is 0 Å². The van der Waals surface area contributed by atoms with E-state index >= 15 is 0 Å². The zero-order valence-electron chi connectivity index (χ0n) is 11.1. The van der Waals surface area contributed by atoms with E-state index in [2.05, 4.69) is 5.32 Å². The Kier molecular flexibility index (Phi) is 4.93. The minimum atomic E-state index is -4.78. The highest BCUT2D eigenvalue weighted by Gasteiger charge is 2.38. The lowest BCUT2D eigenvalue weighted by molar-refractivity contribution is -0.388. The van der Waals surface area contributed by atoms with Crippen LogP contribution in [0.15, 0.2) is 18.2 Å². The smallest absolute Gasteiger partial charge is 0.383 e. The SMILES string of the molecule is CC(C)C(N)CNc1ccc([N+](=O)[O-])c(C(F)(F)F)c1. The van der Waals surface area contributed by atoms with E-state index in [0.29, 0.717) is 0 Å². The van der Waals surface area contributed by atoms with Gasteiger partial charge < -0.3 is 11.1 Å². The molecule has 0 aromatic heterocycles. The summed E-state index contributed by atoms with van der Waals surface area (Å²) in [5, 5.41) is 13.4. The van der Waals surface area contributed by atoms with Crippen molar-refractivity contribution in [2.45, 2.75) is 26.1 Å². The molecule has 0 spiro atoms. The molecule has 112 valence electrons. The molecule has 0 aliphatic heterocycles. The average Bonchev–Trinajstić information content (AvgIpc) is 2.34. The Morgan fingerprint density at radius 3 is 2.45 bits per heavy atom. The minimum Gasteiger partial charge on any atom is -0.383 e. The van der Waals surface area contributed by atoms with Crippen LogP contribution >= 0.6 is 0 Å². The molecule has 0 aliphatic rings. The number of rotatable bonds is 5. The number of benzene rings is 1. The van der Waals surface area contributed by atoms with Gasteiger partial charge in [-0.3, -0.25) is 10.1 Å². The van der Waals surface area contributed by atoms with Gasteiger partial charge in [0.1, 0.15) is 5.56 Å². The first kappa shape index (κ1) is 16.2. The predicted molar refractivity (Wildman–Crippen MR) is 69.4 cm³/mol. The second-order valence-corrected chi connectivity index (χ2v) is 4.78. The molecule has 0 bridgehead atoms. The molecule has 5 nitrogen and oxygen atoms in total. The maximum absolute atomic E-state index is 12.8. The molecule has 3 N–H and O–H groups in total. The quantitative estimate of drug-likeness (QED) is 0.645. The summed E-state index contributed by atoms with van der Waals surface area (Å²) in [6, 6.07) is 2.58. The first-order valence-corrected chi connectivity index (χ1v) is 5.98. The van der Waals surface area contributed by atoms with Crippen molar-refractivity contribution in [1.82, 2.24) is 0 Å². The van der Waals surface area contributed by atoms with Crippen LogP contribution in [0.1, 0.15) is 19.4 Å². The van der Waals surface area contributed by atoms with Crippen molar-refractivity contribution in [2.75, 3.05) is 11.9 Å². The summed E-state index contributed by atoms with van der Waals surface area (Å²) in [7, 11) is 0. The van der Waals surface area contributed by atoms with Gasteiger partial charge in [-0.1, -0.05) is 13.8 Å². The number of hydrogen-bond acceptors (Lipinski definition) is 4. The predicted octanol–water partition coefficient (Wildman–Crippen LogP) is 3.01. The fourth-order valence-corrected chi connectivity index (χ4v) is 1.50. The van der Waals surface area contributed by atoms with E-state index in [1.165, 1.54) is 6.07 Å². The van der Waals surface area contributed by atoms with Gasteiger partial charge in [-0.05, 0) is 18.1 Å². The molecular formula is C12H16F3N3O2. The molecule has 20 heavy (non-hydrogen) atoms. The van der Waals surface area contributed by atoms with Crippen molar-refractivity contribution in [3.05, 3.63) is 33.9 Å². The van der Waals surface area contributed by atoms with E-state index in [9.17, 15) is 23.3 Å². The van der Waals surface area contributed by atoms with Gasteiger partial charge in [0.05, 0.1) is 4.92 Å². The molecule has 1 atom stereocenters. The Balaban J connectivity index is 2.99. The maximum atomic E-state index is 12.8. The van der Waals surface area contributed by atoms with Gasteiger partial charge in [0, 0.05) is 24.3 Å². The molecule has 1 unspecified atom stereocenters. The summed E-state index contributed by atoms with van der Waals surface area (Å²) < 4.78 is 38.3. The number of nitro benzene ring substituents is 1. The Bertz CT molecular complexity index is 489. The van der Waals surface area contributed by atoms with E-state index in [1.807, 2.05) is 13.8 Å². The van der Waals surface area contributed by atoms with Gasteiger partial charge in [-0.2, -0.15) is 13.2 Å². The number of alkyl halides is 3. The second-order valence-electron chi connectivity index (χ2n) is 4.78. The molecule has 0 saturated heterocycles. The number of nitrogens with one attached hydrogen (secondary N) is 1. The monoisotopic (exact) mass is 291 g/mol. The topological polar surface area (TPSA) is 81.2 Å². The van der Waals surface area contributed by atoms with Crippen LogP contribution in [0.5, 0.6) is 0 Å². The zero-order chi connectivity index (χ0) is 15.5. The number of nitro groups is 1. The highest BCUT2D eigenvalue weighted by Crippen LogP contribution is 2.37. The largest absolute Gasteiger partial charge is 0.423 e. The lowest BCUT2D eigenvalue weighted by Gasteiger charge is -2.17. The van der Waals surface area contributed by atoms with Crippen molar-refractivity contribution < 1.29 is 18.1 Å². The lowest BCUT2D eigenvalue weighted by Crippen LogP contribution is -2.34. The highest BCUT2D eigenvalue weighted by molar-refractivity contribution is 5.55. The van der Waals surface area contributed by atoms with Crippen LogP contribution < -0.4 is 11.1 Å².